The first-order valence-electron chi connectivity index (χ1n) is 7.40. The molecule has 0 saturated heterocycles. The van der Waals surface area contributed by atoms with Crippen molar-refractivity contribution in [2.75, 3.05) is 11.4 Å². The molecule has 0 aliphatic carbocycles. The highest BCUT2D eigenvalue weighted by Gasteiger charge is 2.21. The van der Waals surface area contributed by atoms with Crippen LogP contribution in [0, 0.1) is 0 Å². The fourth-order valence-electron chi connectivity index (χ4n) is 2.11. The molecule has 1 aromatic rings. The standard InChI is InChI=1S/C16H24N2O3/c1-2-3-10-14(17)16(21)18(12-7-11-15(19)20)13-8-5-4-6-9-13/h4-6,8-9,14H,2-3,7,10-12,17H2,1H3,(H,19,20)/t14-/m0/s1. The Kier molecular flexibility index (Phi) is 7.46. The summed E-state index contributed by atoms with van der Waals surface area (Å²) >= 11 is 0. The van der Waals surface area contributed by atoms with E-state index in [-0.39, 0.29) is 12.3 Å². The van der Waals surface area contributed by atoms with Crippen LogP contribution in [0.25, 0.3) is 0 Å². The first-order valence-corrected chi connectivity index (χ1v) is 7.40. The molecule has 1 rings (SSSR count). The van der Waals surface area contributed by atoms with Crippen molar-refractivity contribution in [3.63, 3.8) is 0 Å². The molecule has 0 saturated carbocycles. The van der Waals surface area contributed by atoms with Gasteiger partial charge in [0.05, 0.1) is 6.04 Å². The molecule has 0 radical (unpaired) electrons. The van der Waals surface area contributed by atoms with Crippen molar-refractivity contribution in [3.8, 4) is 0 Å². The molecular weight excluding hydrogens is 268 g/mol. The number of carboxylic acids is 1. The van der Waals surface area contributed by atoms with E-state index in [9.17, 15) is 9.59 Å². The molecule has 0 aliphatic rings. The topological polar surface area (TPSA) is 83.6 Å². The summed E-state index contributed by atoms with van der Waals surface area (Å²) in [7, 11) is 0. The second kappa shape index (κ2) is 9.13. The van der Waals surface area contributed by atoms with Crippen LogP contribution in [0.15, 0.2) is 30.3 Å². The molecule has 116 valence electrons. The fourth-order valence-corrected chi connectivity index (χ4v) is 2.11. The van der Waals surface area contributed by atoms with Crippen molar-refractivity contribution >= 4 is 17.6 Å². The van der Waals surface area contributed by atoms with Gasteiger partial charge in [-0.3, -0.25) is 9.59 Å². The van der Waals surface area contributed by atoms with Gasteiger partial charge in [0.2, 0.25) is 5.91 Å². The van der Waals surface area contributed by atoms with Gasteiger partial charge < -0.3 is 15.7 Å². The second-order valence-corrected chi connectivity index (χ2v) is 5.07. The molecule has 0 aliphatic heterocycles. The van der Waals surface area contributed by atoms with E-state index in [1.54, 1.807) is 4.90 Å². The van der Waals surface area contributed by atoms with Gasteiger partial charge in [0.15, 0.2) is 0 Å². The number of rotatable bonds is 9. The molecule has 5 nitrogen and oxygen atoms in total. The van der Waals surface area contributed by atoms with Crippen LogP contribution in [-0.4, -0.2) is 29.6 Å². The largest absolute Gasteiger partial charge is 0.481 e. The first-order chi connectivity index (χ1) is 10.1. The van der Waals surface area contributed by atoms with E-state index in [1.807, 2.05) is 30.3 Å². The number of para-hydroxylation sites is 1. The van der Waals surface area contributed by atoms with Gasteiger partial charge in [-0.25, -0.2) is 0 Å². The quantitative estimate of drug-likeness (QED) is 0.732. The van der Waals surface area contributed by atoms with Crippen LogP contribution in [-0.2, 0) is 9.59 Å². The maximum absolute atomic E-state index is 12.5. The van der Waals surface area contributed by atoms with Crippen molar-refractivity contribution in [2.24, 2.45) is 5.73 Å². The number of unbranched alkanes of at least 4 members (excludes halogenated alkanes) is 1. The van der Waals surface area contributed by atoms with Gasteiger partial charge in [0.1, 0.15) is 0 Å². The van der Waals surface area contributed by atoms with E-state index >= 15 is 0 Å². The van der Waals surface area contributed by atoms with Crippen molar-refractivity contribution in [3.05, 3.63) is 30.3 Å². The average Bonchev–Trinajstić information content (AvgIpc) is 2.49. The molecule has 21 heavy (non-hydrogen) atoms. The summed E-state index contributed by atoms with van der Waals surface area (Å²) in [5, 5.41) is 8.73. The van der Waals surface area contributed by atoms with E-state index in [0.29, 0.717) is 19.4 Å². The molecule has 0 fully saturated rings. The van der Waals surface area contributed by atoms with Crippen molar-refractivity contribution in [2.45, 2.75) is 45.1 Å². The van der Waals surface area contributed by atoms with E-state index in [4.69, 9.17) is 10.8 Å². The summed E-state index contributed by atoms with van der Waals surface area (Å²) in [5.41, 5.74) is 6.73. The SMILES string of the molecule is CCCC[C@H](N)C(=O)N(CCCC(=O)O)c1ccccc1. The second-order valence-electron chi connectivity index (χ2n) is 5.07. The molecule has 0 bridgehead atoms. The first kappa shape index (κ1) is 17.2. The minimum absolute atomic E-state index is 0.0425. The maximum Gasteiger partial charge on any atom is 0.303 e. The van der Waals surface area contributed by atoms with Gasteiger partial charge in [0.25, 0.3) is 0 Å². The van der Waals surface area contributed by atoms with Crippen molar-refractivity contribution in [1.29, 1.82) is 0 Å². The van der Waals surface area contributed by atoms with Crippen LogP contribution in [0.2, 0.25) is 0 Å². The molecular formula is C16H24N2O3. The number of hydrogen-bond acceptors (Lipinski definition) is 3. The fraction of sp³-hybridized carbons (Fsp3) is 0.500. The van der Waals surface area contributed by atoms with E-state index in [1.165, 1.54) is 0 Å². The van der Waals surface area contributed by atoms with E-state index in [0.717, 1.165) is 18.5 Å². The monoisotopic (exact) mass is 292 g/mol. The Morgan fingerprint density at radius 3 is 2.48 bits per heavy atom. The highest BCUT2D eigenvalue weighted by atomic mass is 16.4. The predicted octanol–water partition coefficient (Wildman–Crippen LogP) is 2.40. The Bertz CT molecular complexity index is 448. The third kappa shape index (κ3) is 5.95. The predicted molar refractivity (Wildman–Crippen MR) is 83.2 cm³/mol. The number of anilines is 1. The molecule has 0 aromatic heterocycles. The zero-order valence-electron chi connectivity index (χ0n) is 12.5. The summed E-state index contributed by atoms with van der Waals surface area (Å²) < 4.78 is 0. The lowest BCUT2D eigenvalue weighted by Gasteiger charge is -2.25. The molecule has 3 N–H and O–H groups in total. The average molecular weight is 292 g/mol. The van der Waals surface area contributed by atoms with Crippen LogP contribution in [0.5, 0.6) is 0 Å². The number of nitrogens with two attached hydrogens (primary N) is 1. The van der Waals surface area contributed by atoms with Gasteiger partial charge in [-0.1, -0.05) is 38.0 Å². The zero-order valence-corrected chi connectivity index (χ0v) is 12.5. The maximum atomic E-state index is 12.5. The molecule has 5 heteroatoms. The normalized spacial score (nSPS) is 11.9. The number of aliphatic carboxylic acids is 1. The molecule has 0 spiro atoms. The van der Waals surface area contributed by atoms with Gasteiger partial charge in [-0.2, -0.15) is 0 Å². The number of carbonyl (C=O) groups is 2. The van der Waals surface area contributed by atoms with Gasteiger partial charge in [0, 0.05) is 18.7 Å². The molecule has 1 aromatic carbocycles. The number of carboxylic acid groups (broad SMARTS) is 1. The minimum atomic E-state index is -0.856. The van der Waals surface area contributed by atoms with Crippen LogP contribution in [0.3, 0.4) is 0 Å². The lowest BCUT2D eigenvalue weighted by molar-refractivity contribution is -0.137. The van der Waals surface area contributed by atoms with Crippen LogP contribution in [0.1, 0.15) is 39.0 Å². The number of hydrogen-bond donors (Lipinski definition) is 2. The summed E-state index contributed by atoms with van der Waals surface area (Å²) in [6, 6.07) is 8.72. The lowest BCUT2D eigenvalue weighted by atomic mass is 10.1. The third-order valence-corrected chi connectivity index (χ3v) is 3.29. The minimum Gasteiger partial charge on any atom is -0.481 e. The Labute approximate surface area is 125 Å². The summed E-state index contributed by atoms with van der Waals surface area (Å²) in [4.78, 5) is 24.7. The van der Waals surface area contributed by atoms with Gasteiger partial charge >= 0.3 is 5.97 Å². The third-order valence-electron chi connectivity index (χ3n) is 3.29. The van der Waals surface area contributed by atoms with Crippen molar-refractivity contribution < 1.29 is 14.7 Å². The Morgan fingerprint density at radius 1 is 1.24 bits per heavy atom. The number of carbonyl (C=O) groups excluding carboxylic acids is 1. The Hall–Kier alpha value is -1.88. The summed E-state index contributed by atoms with van der Waals surface area (Å²) in [6.45, 7) is 2.42. The number of benzene rings is 1. The van der Waals surface area contributed by atoms with Crippen LogP contribution < -0.4 is 10.6 Å². The zero-order chi connectivity index (χ0) is 15.7. The van der Waals surface area contributed by atoms with Gasteiger partial charge in [-0.05, 0) is 25.0 Å². The highest BCUT2D eigenvalue weighted by Crippen LogP contribution is 2.16. The summed E-state index contributed by atoms with van der Waals surface area (Å²) in [5.74, 6) is -0.995. The Balaban J connectivity index is 2.76. The molecule has 1 atom stereocenters. The smallest absolute Gasteiger partial charge is 0.303 e. The Morgan fingerprint density at radius 2 is 1.90 bits per heavy atom. The lowest BCUT2D eigenvalue weighted by Crippen LogP contribution is -2.44. The van der Waals surface area contributed by atoms with Crippen LogP contribution in [0.4, 0.5) is 5.69 Å². The molecule has 0 heterocycles. The molecule has 0 unspecified atom stereocenters. The van der Waals surface area contributed by atoms with E-state index < -0.39 is 12.0 Å². The number of amides is 1. The highest BCUT2D eigenvalue weighted by molar-refractivity contribution is 5.97. The van der Waals surface area contributed by atoms with Crippen molar-refractivity contribution in [1.82, 2.24) is 0 Å². The number of nitrogens with zero attached hydrogens (tertiary/aromatic N) is 1. The van der Waals surface area contributed by atoms with Gasteiger partial charge in [-0.15, -0.1) is 0 Å². The molecule has 1 amide bonds. The van der Waals surface area contributed by atoms with Crippen LogP contribution >= 0.6 is 0 Å². The summed E-state index contributed by atoms with van der Waals surface area (Å²) in [6.07, 6.45) is 3.00. The van der Waals surface area contributed by atoms with E-state index in [2.05, 4.69) is 6.92 Å².